The second kappa shape index (κ2) is 4.65. The van der Waals surface area contributed by atoms with Crippen LogP contribution in [0, 0.1) is 0 Å². The Kier molecular flexibility index (Phi) is 3.24. The van der Waals surface area contributed by atoms with Crippen LogP contribution in [-0.4, -0.2) is 38.8 Å². The normalized spacial score (nSPS) is 17.6. The predicted octanol–water partition coefficient (Wildman–Crippen LogP) is 1.10. The van der Waals surface area contributed by atoms with Crippen LogP contribution < -0.4 is 0 Å². The molecule has 0 radical (unpaired) electrons. The van der Waals surface area contributed by atoms with Crippen molar-refractivity contribution in [2.75, 3.05) is 13.1 Å². The number of piperidine rings is 1. The molecule has 2 rings (SSSR count). The van der Waals surface area contributed by atoms with Gasteiger partial charge < -0.3 is 5.11 Å². The molecule has 0 unspecified atom stereocenters. The van der Waals surface area contributed by atoms with Crippen molar-refractivity contribution >= 4 is 5.97 Å². The minimum atomic E-state index is -0.889. The summed E-state index contributed by atoms with van der Waals surface area (Å²) < 4.78 is 1.66. The van der Waals surface area contributed by atoms with E-state index in [1.165, 1.54) is 25.5 Å². The Morgan fingerprint density at radius 2 is 2.12 bits per heavy atom. The van der Waals surface area contributed by atoms with Gasteiger partial charge in [0.25, 0.3) is 0 Å². The van der Waals surface area contributed by atoms with E-state index in [9.17, 15) is 4.79 Å². The van der Waals surface area contributed by atoms with Crippen molar-refractivity contribution in [1.29, 1.82) is 0 Å². The topological polar surface area (TPSA) is 58.4 Å². The summed E-state index contributed by atoms with van der Waals surface area (Å²) in [7, 11) is 1.80. The SMILES string of the molecule is Cn1ncc(C(=O)O)c1CN1CCCCC1. The Labute approximate surface area is 94.7 Å². The fourth-order valence-electron chi connectivity index (χ4n) is 2.16. The van der Waals surface area contributed by atoms with Gasteiger partial charge in [0.05, 0.1) is 11.9 Å². The van der Waals surface area contributed by atoms with E-state index in [4.69, 9.17) is 5.11 Å². The van der Waals surface area contributed by atoms with Gasteiger partial charge in [0.1, 0.15) is 5.56 Å². The number of nitrogens with zero attached hydrogens (tertiary/aromatic N) is 3. The lowest BCUT2D eigenvalue weighted by Crippen LogP contribution is -2.30. The molecule has 1 saturated heterocycles. The van der Waals surface area contributed by atoms with E-state index < -0.39 is 5.97 Å². The van der Waals surface area contributed by atoms with Crippen LogP contribution in [0.5, 0.6) is 0 Å². The molecule has 2 heterocycles. The molecule has 0 saturated carbocycles. The molecule has 1 aliphatic heterocycles. The number of aromatic carboxylic acids is 1. The molecule has 5 nitrogen and oxygen atoms in total. The smallest absolute Gasteiger partial charge is 0.339 e. The molecule has 5 heteroatoms. The Hall–Kier alpha value is -1.36. The zero-order chi connectivity index (χ0) is 11.5. The molecule has 1 aromatic heterocycles. The number of carboxylic acids is 1. The van der Waals surface area contributed by atoms with Gasteiger partial charge in [-0.15, -0.1) is 0 Å². The second-order valence-electron chi connectivity index (χ2n) is 4.27. The van der Waals surface area contributed by atoms with Gasteiger partial charge in [-0.25, -0.2) is 4.79 Å². The van der Waals surface area contributed by atoms with E-state index >= 15 is 0 Å². The first-order chi connectivity index (χ1) is 7.68. The summed E-state index contributed by atoms with van der Waals surface area (Å²) in [6, 6.07) is 0. The highest BCUT2D eigenvalue weighted by atomic mass is 16.4. The van der Waals surface area contributed by atoms with Crippen LogP contribution in [0.25, 0.3) is 0 Å². The molecule has 0 spiro atoms. The van der Waals surface area contributed by atoms with Crippen molar-refractivity contribution in [3.05, 3.63) is 17.5 Å². The summed E-state index contributed by atoms with van der Waals surface area (Å²) in [6.45, 7) is 2.81. The van der Waals surface area contributed by atoms with Gasteiger partial charge in [-0.2, -0.15) is 5.10 Å². The van der Waals surface area contributed by atoms with Crippen LogP contribution in [0.15, 0.2) is 6.20 Å². The van der Waals surface area contributed by atoms with Gasteiger partial charge in [-0.05, 0) is 25.9 Å². The van der Waals surface area contributed by atoms with E-state index in [0.29, 0.717) is 12.1 Å². The molecule has 1 N–H and O–H groups in total. The summed E-state index contributed by atoms with van der Waals surface area (Å²) in [5.41, 5.74) is 1.13. The first-order valence-electron chi connectivity index (χ1n) is 5.65. The molecule has 0 amide bonds. The highest BCUT2D eigenvalue weighted by Crippen LogP contribution is 2.15. The highest BCUT2D eigenvalue weighted by Gasteiger charge is 2.18. The zero-order valence-electron chi connectivity index (χ0n) is 9.52. The van der Waals surface area contributed by atoms with Crippen LogP contribution in [0.4, 0.5) is 0 Å². The number of hydrogen-bond acceptors (Lipinski definition) is 3. The lowest BCUT2D eigenvalue weighted by atomic mass is 10.1. The van der Waals surface area contributed by atoms with Crippen LogP contribution in [0.3, 0.4) is 0 Å². The second-order valence-corrected chi connectivity index (χ2v) is 4.27. The first kappa shape index (κ1) is 11.1. The highest BCUT2D eigenvalue weighted by molar-refractivity contribution is 5.88. The summed E-state index contributed by atoms with van der Waals surface area (Å²) in [4.78, 5) is 13.3. The molecule has 16 heavy (non-hydrogen) atoms. The van der Waals surface area contributed by atoms with E-state index in [-0.39, 0.29) is 0 Å². The lowest BCUT2D eigenvalue weighted by Gasteiger charge is -2.26. The van der Waals surface area contributed by atoms with E-state index in [2.05, 4.69) is 10.00 Å². The average molecular weight is 223 g/mol. The molecule has 88 valence electrons. The number of aromatic nitrogens is 2. The van der Waals surface area contributed by atoms with E-state index in [0.717, 1.165) is 18.8 Å². The predicted molar refractivity (Wildman–Crippen MR) is 59.3 cm³/mol. The summed E-state index contributed by atoms with van der Waals surface area (Å²) in [5.74, 6) is -0.889. The number of carbonyl (C=O) groups is 1. The maximum absolute atomic E-state index is 11.0. The van der Waals surface area contributed by atoms with Crippen LogP contribution >= 0.6 is 0 Å². The van der Waals surface area contributed by atoms with Crippen molar-refractivity contribution in [3.8, 4) is 0 Å². The Bertz CT molecular complexity index is 381. The summed E-state index contributed by atoms with van der Waals surface area (Å²) in [5, 5.41) is 13.0. The number of likely N-dealkylation sites (tertiary alicyclic amines) is 1. The standard InChI is InChI=1S/C11H17N3O2/c1-13-10(9(7-12-13)11(15)16)8-14-5-3-2-4-6-14/h7H,2-6,8H2,1H3,(H,15,16). The van der Waals surface area contributed by atoms with Gasteiger partial charge >= 0.3 is 5.97 Å². The monoisotopic (exact) mass is 223 g/mol. The Morgan fingerprint density at radius 3 is 2.75 bits per heavy atom. The number of rotatable bonds is 3. The van der Waals surface area contributed by atoms with Crippen LogP contribution in [0.2, 0.25) is 0 Å². The largest absolute Gasteiger partial charge is 0.478 e. The fourth-order valence-corrected chi connectivity index (χ4v) is 2.16. The molecule has 0 aliphatic carbocycles. The molecule has 0 bridgehead atoms. The van der Waals surface area contributed by atoms with Gasteiger partial charge in [0, 0.05) is 13.6 Å². The van der Waals surface area contributed by atoms with Gasteiger partial charge in [-0.1, -0.05) is 6.42 Å². The molecule has 1 aliphatic rings. The van der Waals surface area contributed by atoms with Crippen molar-refractivity contribution in [1.82, 2.24) is 14.7 Å². The maximum atomic E-state index is 11.0. The van der Waals surface area contributed by atoms with E-state index in [1.54, 1.807) is 11.7 Å². The maximum Gasteiger partial charge on any atom is 0.339 e. The molecule has 0 aromatic carbocycles. The fraction of sp³-hybridized carbons (Fsp3) is 0.636. The van der Waals surface area contributed by atoms with Crippen LogP contribution in [0.1, 0.15) is 35.3 Å². The summed E-state index contributed by atoms with van der Waals surface area (Å²) in [6.07, 6.45) is 5.13. The third-order valence-electron chi connectivity index (χ3n) is 3.11. The molecule has 1 aromatic rings. The molecule has 0 atom stereocenters. The number of carboxylic acid groups (broad SMARTS) is 1. The van der Waals surface area contributed by atoms with E-state index in [1.807, 2.05) is 0 Å². The van der Waals surface area contributed by atoms with Crippen molar-refractivity contribution in [3.63, 3.8) is 0 Å². The molecule has 1 fully saturated rings. The average Bonchev–Trinajstić information content (AvgIpc) is 2.62. The minimum absolute atomic E-state index is 0.327. The molecular weight excluding hydrogens is 206 g/mol. The number of hydrogen-bond donors (Lipinski definition) is 1. The zero-order valence-corrected chi connectivity index (χ0v) is 9.52. The van der Waals surface area contributed by atoms with Gasteiger partial charge in [0.2, 0.25) is 0 Å². The molecular formula is C11H17N3O2. The van der Waals surface area contributed by atoms with Crippen molar-refractivity contribution < 1.29 is 9.90 Å². The van der Waals surface area contributed by atoms with Crippen molar-refractivity contribution in [2.24, 2.45) is 7.05 Å². The third kappa shape index (κ3) is 2.24. The number of aryl methyl sites for hydroxylation is 1. The third-order valence-corrected chi connectivity index (χ3v) is 3.11. The lowest BCUT2D eigenvalue weighted by molar-refractivity contribution is 0.0693. The summed E-state index contributed by atoms with van der Waals surface area (Å²) >= 11 is 0. The van der Waals surface area contributed by atoms with Gasteiger partial charge in [0.15, 0.2) is 0 Å². The Morgan fingerprint density at radius 1 is 1.44 bits per heavy atom. The first-order valence-corrected chi connectivity index (χ1v) is 5.65. The van der Waals surface area contributed by atoms with Crippen LogP contribution in [-0.2, 0) is 13.6 Å². The minimum Gasteiger partial charge on any atom is -0.478 e. The quantitative estimate of drug-likeness (QED) is 0.833. The van der Waals surface area contributed by atoms with Crippen molar-refractivity contribution in [2.45, 2.75) is 25.8 Å². The Balaban J connectivity index is 2.12. The van der Waals surface area contributed by atoms with Gasteiger partial charge in [-0.3, -0.25) is 9.58 Å².